The number of carbonyl (C=O) groups is 3. The second kappa shape index (κ2) is 9.02. The number of fused-ring (bicyclic) bond motifs is 4. The lowest BCUT2D eigenvalue weighted by Crippen LogP contribution is -2.47. The van der Waals surface area contributed by atoms with Crippen molar-refractivity contribution in [1.82, 2.24) is 10.2 Å². The molecule has 1 atom stereocenters. The van der Waals surface area contributed by atoms with E-state index in [9.17, 15) is 19.5 Å². The molecule has 1 unspecified atom stereocenters. The average Bonchev–Trinajstić information content (AvgIpc) is 3.18. The Hall–Kier alpha value is -4.13. The quantitative estimate of drug-likeness (QED) is 0.610. The van der Waals surface area contributed by atoms with Crippen LogP contribution in [0.2, 0.25) is 0 Å². The van der Waals surface area contributed by atoms with Crippen LogP contribution >= 0.6 is 0 Å². The smallest absolute Gasteiger partial charge is 0.407 e. The summed E-state index contributed by atoms with van der Waals surface area (Å²) in [7, 11) is 0. The molecule has 2 amide bonds. The van der Waals surface area contributed by atoms with Gasteiger partial charge in [0.2, 0.25) is 5.91 Å². The summed E-state index contributed by atoms with van der Waals surface area (Å²) >= 11 is 0. The first kappa shape index (κ1) is 21.7. The van der Waals surface area contributed by atoms with Crippen molar-refractivity contribution in [2.24, 2.45) is 0 Å². The molecule has 7 heteroatoms. The van der Waals surface area contributed by atoms with Crippen molar-refractivity contribution in [3.8, 4) is 11.1 Å². The Kier molecular flexibility index (Phi) is 5.76. The van der Waals surface area contributed by atoms with E-state index in [-0.39, 0.29) is 25.6 Å². The van der Waals surface area contributed by atoms with Gasteiger partial charge in [-0.05, 0) is 39.8 Å². The SMILES string of the molecule is O=C(NCC(=O)N1CCc2ccccc2C1C(=O)O)OCC1c2ccccc2-c2ccccc21. The van der Waals surface area contributed by atoms with Gasteiger partial charge in [-0.3, -0.25) is 4.79 Å². The standard InChI is InChI=1S/C27H24N2O5/c30-24(29-14-13-17-7-1-2-8-18(17)25(29)26(31)32)15-28-27(33)34-16-23-21-11-5-3-9-19(21)20-10-4-6-12-22(20)23/h1-12,23,25H,13-16H2,(H,28,33)(H,31,32). The van der Waals surface area contributed by atoms with Gasteiger partial charge in [-0.15, -0.1) is 0 Å². The molecule has 1 heterocycles. The number of carboxylic acids is 1. The Morgan fingerprint density at radius 3 is 2.12 bits per heavy atom. The maximum atomic E-state index is 12.8. The monoisotopic (exact) mass is 456 g/mol. The minimum Gasteiger partial charge on any atom is -0.479 e. The zero-order valence-corrected chi connectivity index (χ0v) is 18.4. The Morgan fingerprint density at radius 1 is 0.882 bits per heavy atom. The number of ether oxygens (including phenoxy) is 1. The molecule has 0 bridgehead atoms. The first-order chi connectivity index (χ1) is 16.5. The van der Waals surface area contributed by atoms with Crippen LogP contribution in [0.4, 0.5) is 4.79 Å². The van der Waals surface area contributed by atoms with Crippen molar-refractivity contribution >= 4 is 18.0 Å². The first-order valence-corrected chi connectivity index (χ1v) is 11.2. The first-order valence-electron chi connectivity index (χ1n) is 11.2. The molecular weight excluding hydrogens is 432 g/mol. The van der Waals surface area contributed by atoms with E-state index in [2.05, 4.69) is 17.4 Å². The van der Waals surface area contributed by atoms with Crippen LogP contribution in [-0.2, 0) is 20.7 Å². The largest absolute Gasteiger partial charge is 0.479 e. The molecule has 2 N–H and O–H groups in total. The average molecular weight is 456 g/mol. The molecule has 3 aromatic carbocycles. The van der Waals surface area contributed by atoms with Crippen LogP contribution in [0.15, 0.2) is 72.8 Å². The van der Waals surface area contributed by atoms with Crippen LogP contribution in [0.1, 0.15) is 34.2 Å². The number of rotatable bonds is 5. The summed E-state index contributed by atoms with van der Waals surface area (Å²) in [6.45, 7) is 0.0880. The maximum absolute atomic E-state index is 12.8. The van der Waals surface area contributed by atoms with Gasteiger partial charge >= 0.3 is 12.1 Å². The van der Waals surface area contributed by atoms with Crippen LogP contribution in [-0.4, -0.2) is 47.7 Å². The van der Waals surface area contributed by atoms with Crippen molar-refractivity contribution in [2.75, 3.05) is 19.7 Å². The van der Waals surface area contributed by atoms with E-state index >= 15 is 0 Å². The van der Waals surface area contributed by atoms with Gasteiger partial charge in [-0.2, -0.15) is 0 Å². The van der Waals surface area contributed by atoms with Crippen molar-refractivity contribution in [3.63, 3.8) is 0 Å². The van der Waals surface area contributed by atoms with E-state index in [0.717, 1.165) is 27.8 Å². The summed E-state index contributed by atoms with van der Waals surface area (Å²) in [4.78, 5) is 38.4. The molecule has 0 fully saturated rings. The molecule has 0 saturated heterocycles. The summed E-state index contributed by atoms with van der Waals surface area (Å²) in [6.07, 6.45) is -0.143. The van der Waals surface area contributed by atoms with E-state index in [1.54, 1.807) is 12.1 Å². The topological polar surface area (TPSA) is 95.9 Å². The molecule has 2 aliphatic rings. The number of alkyl carbamates (subject to hydrolysis) is 1. The third-order valence-electron chi connectivity index (χ3n) is 6.57. The second-order valence-corrected chi connectivity index (χ2v) is 8.46. The molecule has 1 aliphatic heterocycles. The van der Waals surface area contributed by atoms with Gasteiger partial charge in [0.1, 0.15) is 13.2 Å². The number of nitrogens with zero attached hydrogens (tertiary/aromatic N) is 1. The van der Waals surface area contributed by atoms with E-state index in [1.165, 1.54) is 4.90 Å². The van der Waals surface area contributed by atoms with Gasteiger partial charge in [0.15, 0.2) is 6.04 Å². The summed E-state index contributed by atoms with van der Waals surface area (Å²) in [5.41, 5.74) is 5.99. The predicted molar refractivity (Wildman–Crippen MR) is 125 cm³/mol. The number of benzene rings is 3. The Labute approximate surface area is 197 Å². The molecule has 3 aromatic rings. The van der Waals surface area contributed by atoms with Crippen LogP contribution < -0.4 is 5.32 Å². The third kappa shape index (κ3) is 3.90. The Bertz CT molecular complexity index is 1230. The Morgan fingerprint density at radius 2 is 1.47 bits per heavy atom. The van der Waals surface area contributed by atoms with Crippen molar-refractivity contribution in [3.05, 3.63) is 95.1 Å². The van der Waals surface area contributed by atoms with Crippen LogP contribution in [0.5, 0.6) is 0 Å². The highest BCUT2D eigenvalue weighted by atomic mass is 16.5. The summed E-state index contributed by atoms with van der Waals surface area (Å²) < 4.78 is 5.47. The van der Waals surface area contributed by atoms with E-state index in [4.69, 9.17) is 4.74 Å². The number of hydrogen-bond donors (Lipinski definition) is 2. The molecule has 7 nitrogen and oxygen atoms in total. The predicted octanol–water partition coefficient (Wildman–Crippen LogP) is 3.74. The number of carbonyl (C=O) groups excluding carboxylic acids is 2. The van der Waals surface area contributed by atoms with Gasteiger partial charge in [-0.1, -0.05) is 72.8 Å². The summed E-state index contributed by atoms with van der Waals surface area (Å²) in [5, 5.41) is 12.2. The maximum Gasteiger partial charge on any atom is 0.407 e. The Balaban J connectivity index is 1.21. The van der Waals surface area contributed by atoms with Crippen molar-refractivity contribution in [2.45, 2.75) is 18.4 Å². The zero-order valence-electron chi connectivity index (χ0n) is 18.4. The summed E-state index contributed by atoms with van der Waals surface area (Å²) in [6, 6.07) is 22.2. The zero-order chi connectivity index (χ0) is 23.7. The summed E-state index contributed by atoms with van der Waals surface area (Å²) in [5.74, 6) is -1.64. The van der Waals surface area contributed by atoms with Gasteiger partial charge in [0, 0.05) is 12.5 Å². The lowest BCUT2D eigenvalue weighted by Gasteiger charge is -2.34. The second-order valence-electron chi connectivity index (χ2n) is 8.46. The van der Waals surface area contributed by atoms with Crippen LogP contribution in [0.25, 0.3) is 11.1 Å². The van der Waals surface area contributed by atoms with Gasteiger partial charge in [-0.25, -0.2) is 9.59 Å². The van der Waals surface area contributed by atoms with Crippen LogP contribution in [0, 0.1) is 0 Å². The molecular formula is C27H24N2O5. The van der Waals surface area contributed by atoms with Gasteiger partial charge < -0.3 is 20.1 Å². The van der Waals surface area contributed by atoms with Gasteiger partial charge in [0.05, 0.1) is 0 Å². The highest BCUT2D eigenvalue weighted by Crippen LogP contribution is 2.44. The van der Waals surface area contributed by atoms with Crippen LogP contribution in [0.3, 0.4) is 0 Å². The molecule has 5 rings (SSSR count). The fourth-order valence-corrected chi connectivity index (χ4v) is 5.00. The molecule has 1 aliphatic carbocycles. The molecule has 0 aromatic heterocycles. The molecule has 172 valence electrons. The number of hydrogen-bond acceptors (Lipinski definition) is 4. The molecule has 34 heavy (non-hydrogen) atoms. The minimum atomic E-state index is -1.10. The van der Waals surface area contributed by atoms with E-state index < -0.39 is 24.0 Å². The minimum absolute atomic E-state index is 0.0798. The third-order valence-corrected chi connectivity index (χ3v) is 6.57. The van der Waals surface area contributed by atoms with Crippen molar-refractivity contribution in [1.29, 1.82) is 0 Å². The molecule has 0 spiro atoms. The van der Waals surface area contributed by atoms with Gasteiger partial charge in [0.25, 0.3) is 0 Å². The number of aliphatic carboxylic acids is 1. The lowest BCUT2D eigenvalue weighted by molar-refractivity contribution is -0.150. The van der Waals surface area contributed by atoms with E-state index in [0.29, 0.717) is 12.0 Å². The highest BCUT2D eigenvalue weighted by molar-refractivity contribution is 5.88. The fraction of sp³-hybridized carbons (Fsp3) is 0.222. The molecule has 0 saturated carbocycles. The van der Waals surface area contributed by atoms with E-state index in [1.807, 2.05) is 48.5 Å². The fourth-order valence-electron chi connectivity index (χ4n) is 5.00. The number of amides is 2. The number of nitrogens with one attached hydrogen (secondary N) is 1. The number of carboxylic acid groups (broad SMARTS) is 1. The lowest BCUT2D eigenvalue weighted by atomic mass is 9.92. The molecule has 0 radical (unpaired) electrons. The highest BCUT2D eigenvalue weighted by Gasteiger charge is 2.36. The van der Waals surface area contributed by atoms with Crippen molar-refractivity contribution < 1.29 is 24.2 Å². The normalized spacial score (nSPS) is 16.2.